The molecule has 3 aromatic rings. The van der Waals surface area contributed by atoms with Gasteiger partial charge in [-0.15, -0.1) is 0 Å². The van der Waals surface area contributed by atoms with Crippen molar-refractivity contribution in [2.75, 3.05) is 19.1 Å². The Morgan fingerprint density at radius 2 is 1.45 bits per heavy atom. The summed E-state index contributed by atoms with van der Waals surface area (Å²) >= 11 is 1.30. The number of rotatable bonds is 5. The molecule has 1 N–H and O–H groups in total. The van der Waals surface area contributed by atoms with E-state index in [0.717, 1.165) is 11.3 Å². The van der Waals surface area contributed by atoms with Gasteiger partial charge in [0.05, 0.1) is 30.5 Å². The molecule has 1 aliphatic rings. The SMILES string of the molecule is COc1ccc(/N=C2/S/C(=C/c3ccc(O)cc3)C(=O)N2c2ccc(OC)cc2)cc1. The van der Waals surface area contributed by atoms with Crippen molar-refractivity contribution < 1.29 is 19.4 Å². The number of aromatic hydroxyl groups is 1. The summed E-state index contributed by atoms with van der Waals surface area (Å²) in [4.78, 5) is 20.1. The van der Waals surface area contributed by atoms with Crippen LogP contribution in [0.1, 0.15) is 5.56 Å². The third-order valence-electron chi connectivity index (χ3n) is 4.63. The third kappa shape index (κ3) is 4.57. The van der Waals surface area contributed by atoms with Crippen LogP contribution in [0.25, 0.3) is 6.08 Å². The quantitative estimate of drug-likeness (QED) is 0.560. The number of amides is 1. The molecule has 0 atom stereocenters. The zero-order chi connectivity index (χ0) is 21.8. The first-order valence-electron chi connectivity index (χ1n) is 9.47. The molecule has 0 radical (unpaired) electrons. The number of hydrogen-bond acceptors (Lipinski definition) is 6. The Bertz CT molecular complexity index is 1140. The van der Waals surface area contributed by atoms with Crippen LogP contribution in [0.2, 0.25) is 0 Å². The minimum absolute atomic E-state index is 0.171. The van der Waals surface area contributed by atoms with Gasteiger partial charge in [0, 0.05) is 0 Å². The number of phenolic OH excluding ortho intramolecular Hbond substituents is 1. The number of benzene rings is 3. The molecule has 0 saturated carbocycles. The summed E-state index contributed by atoms with van der Waals surface area (Å²) in [6.07, 6.45) is 1.79. The molecular formula is C24H20N2O4S. The van der Waals surface area contributed by atoms with Crippen molar-refractivity contribution in [1.82, 2.24) is 0 Å². The highest BCUT2D eigenvalue weighted by Gasteiger charge is 2.34. The normalized spacial score (nSPS) is 16.2. The first kappa shape index (κ1) is 20.6. The first-order chi connectivity index (χ1) is 15.1. The summed E-state index contributed by atoms with van der Waals surface area (Å²) in [5.41, 5.74) is 2.22. The van der Waals surface area contributed by atoms with Crippen LogP contribution in [-0.2, 0) is 4.79 Å². The van der Waals surface area contributed by atoms with Gasteiger partial charge in [-0.1, -0.05) is 12.1 Å². The van der Waals surface area contributed by atoms with Crippen molar-refractivity contribution in [3.05, 3.63) is 83.3 Å². The molecule has 1 fully saturated rings. The fourth-order valence-corrected chi connectivity index (χ4v) is 4.00. The van der Waals surface area contributed by atoms with Crippen LogP contribution < -0.4 is 14.4 Å². The van der Waals surface area contributed by atoms with Crippen molar-refractivity contribution in [3.8, 4) is 17.2 Å². The molecule has 4 rings (SSSR count). The molecule has 6 nitrogen and oxygen atoms in total. The minimum Gasteiger partial charge on any atom is -0.508 e. The van der Waals surface area contributed by atoms with Crippen LogP contribution in [0, 0.1) is 0 Å². The maximum absolute atomic E-state index is 13.3. The largest absolute Gasteiger partial charge is 0.508 e. The van der Waals surface area contributed by atoms with Crippen LogP contribution >= 0.6 is 11.8 Å². The maximum Gasteiger partial charge on any atom is 0.271 e. The van der Waals surface area contributed by atoms with Gasteiger partial charge in [-0.3, -0.25) is 9.69 Å². The van der Waals surface area contributed by atoms with Crippen molar-refractivity contribution >= 4 is 40.3 Å². The highest BCUT2D eigenvalue weighted by molar-refractivity contribution is 8.19. The van der Waals surface area contributed by atoms with E-state index in [-0.39, 0.29) is 11.7 Å². The monoisotopic (exact) mass is 432 g/mol. The Hall–Kier alpha value is -3.71. The fraction of sp³-hybridized carbons (Fsp3) is 0.0833. The summed E-state index contributed by atoms with van der Waals surface area (Å²) in [5.74, 6) is 1.44. The van der Waals surface area contributed by atoms with Gasteiger partial charge in [0.25, 0.3) is 5.91 Å². The zero-order valence-electron chi connectivity index (χ0n) is 17.0. The van der Waals surface area contributed by atoms with E-state index < -0.39 is 0 Å². The van der Waals surface area contributed by atoms with Crippen molar-refractivity contribution in [1.29, 1.82) is 0 Å². The molecule has 156 valence electrons. The zero-order valence-corrected chi connectivity index (χ0v) is 17.8. The van der Waals surface area contributed by atoms with Crippen LogP contribution in [0.5, 0.6) is 17.2 Å². The predicted molar refractivity (Wildman–Crippen MR) is 124 cm³/mol. The van der Waals surface area contributed by atoms with Crippen LogP contribution in [-0.4, -0.2) is 30.4 Å². The number of carbonyl (C=O) groups is 1. The van der Waals surface area contributed by atoms with E-state index in [2.05, 4.69) is 0 Å². The van der Waals surface area contributed by atoms with E-state index in [1.807, 2.05) is 36.4 Å². The minimum atomic E-state index is -0.171. The van der Waals surface area contributed by atoms with Crippen molar-refractivity contribution in [2.45, 2.75) is 0 Å². The molecule has 1 saturated heterocycles. The van der Waals surface area contributed by atoms with Crippen LogP contribution in [0.4, 0.5) is 11.4 Å². The Morgan fingerprint density at radius 3 is 2.03 bits per heavy atom. The number of nitrogens with zero attached hydrogens (tertiary/aromatic N) is 2. The number of anilines is 1. The highest BCUT2D eigenvalue weighted by Crippen LogP contribution is 2.38. The molecule has 0 aliphatic carbocycles. The number of methoxy groups -OCH3 is 2. The number of ether oxygens (including phenoxy) is 2. The average molecular weight is 433 g/mol. The maximum atomic E-state index is 13.3. The summed E-state index contributed by atoms with van der Waals surface area (Å²) in [5, 5.41) is 10.1. The Morgan fingerprint density at radius 1 is 0.871 bits per heavy atom. The van der Waals surface area contributed by atoms with E-state index in [1.165, 1.54) is 11.8 Å². The predicted octanol–water partition coefficient (Wildman–Crippen LogP) is 5.22. The van der Waals surface area contributed by atoms with E-state index in [4.69, 9.17) is 14.5 Å². The van der Waals surface area contributed by atoms with Crippen molar-refractivity contribution in [2.24, 2.45) is 4.99 Å². The van der Waals surface area contributed by atoms with Gasteiger partial charge in [-0.05, 0) is 84.1 Å². The molecule has 31 heavy (non-hydrogen) atoms. The van der Waals surface area contributed by atoms with E-state index in [9.17, 15) is 9.90 Å². The fourth-order valence-electron chi connectivity index (χ4n) is 3.00. The second-order valence-electron chi connectivity index (χ2n) is 6.63. The van der Waals surface area contributed by atoms with Gasteiger partial charge < -0.3 is 14.6 Å². The van der Waals surface area contributed by atoms with Crippen LogP contribution in [0.3, 0.4) is 0 Å². The number of hydrogen-bond donors (Lipinski definition) is 1. The van der Waals surface area contributed by atoms with Gasteiger partial charge >= 0.3 is 0 Å². The number of thioether (sulfide) groups is 1. The van der Waals surface area contributed by atoms with Gasteiger partial charge in [0.1, 0.15) is 17.2 Å². The van der Waals surface area contributed by atoms with Gasteiger partial charge in [0.15, 0.2) is 5.17 Å². The lowest BCUT2D eigenvalue weighted by Crippen LogP contribution is -2.28. The molecule has 1 aliphatic heterocycles. The highest BCUT2D eigenvalue weighted by atomic mass is 32.2. The second kappa shape index (κ2) is 8.97. The molecule has 1 amide bonds. The molecule has 3 aromatic carbocycles. The lowest BCUT2D eigenvalue weighted by Gasteiger charge is -2.16. The first-order valence-corrected chi connectivity index (χ1v) is 10.3. The van der Waals surface area contributed by atoms with Gasteiger partial charge in [-0.2, -0.15) is 0 Å². The van der Waals surface area contributed by atoms with Gasteiger partial charge in [0.2, 0.25) is 0 Å². The molecular weight excluding hydrogens is 412 g/mol. The number of carbonyl (C=O) groups excluding carboxylic acids is 1. The second-order valence-corrected chi connectivity index (χ2v) is 7.64. The summed E-state index contributed by atoms with van der Waals surface area (Å²) in [6, 6.07) is 21.3. The summed E-state index contributed by atoms with van der Waals surface area (Å²) < 4.78 is 10.4. The molecule has 0 unspecified atom stereocenters. The average Bonchev–Trinajstić information content (AvgIpc) is 3.10. The number of aliphatic imine (C=N–C) groups is 1. The summed E-state index contributed by atoms with van der Waals surface area (Å²) in [6.45, 7) is 0. The lowest BCUT2D eigenvalue weighted by molar-refractivity contribution is -0.113. The Balaban J connectivity index is 1.74. The van der Waals surface area contributed by atoms with Crippen molar-refractivity contribution in [3.63, 3.8) is 0 Å². The third-order valence-corrected chi connectivity index (χ3v) is 5.59. The molecule has 1 heterocycles. The number of amidine groups is 1. The topological polar surface area (TPSA) is 71.4 Å². The van der Waals surface area contributed by atoms with Crippen LogP contribution in [0.15, 0.2) is 82.7 Å². The molecule has 0 bridgehead atoms. The molecule has 7 heteroatoms. The smallest absolute Gasteiger partial charge is 0.271 e. The van der Waals surface area contributed by atoms with E-state index in [1.54, 1.807) is 61.6 Å². The Labute approximate surface area is 184 Å². The lowest BCUT2D eigenvalue weighted by atomic mass is 10.2. The van der Waals surface area contributed by atoms with E-state index >= 15 is 0 Å². The van der Waals surface area contributed by atoms with E-state index in [0.29, 0.717) is 27.2 Å². The van der Waals surface area contributed by atoms with Gasteiger partial charge in [-0.25, -0.2) is 4.99 Å². The standard InChI is InChI=1S/C24H20N2O4S/c1-29-20-11-5-17(6-12-20)25-24-26(18-7-13-21(30-2)14-8-18)23(28)22(31-24)15-16-3-9-19(27)10-4-16/h3-15,27H,1-2H3/b22-15+,25-24+. The number of phenols is 1. The Kier molecular flexibility index (Phi) is 5.95. The molecule has 0 spiro atoms. The summed E-state index contributed by atoms with van der Waals surface area (Å²) in [7, 11) is 3.21. The molecule has 0 aromatic heterocycles.